The van der Waals surface area contributed by atoms with E-state index in [-0.39, 0.29) is 52.9 Å². The standard InChI is InChI=1S/C74H87NO15SSi/c1-51(76)75-62-63(77)64-61(50-84-71(88-64)58-38-24-11-25-39-58)85-72(62)89-65-59(48-78-42-52-26-12-5-13-27-52)86-73(69(82-46-56-34-20-9-21-35-56)67(65)80-44-54-30-16-7-17-31-54)90-66-60(49-79-43-53-28-14-6-15-29-53)87-74(91-40-41-92(2,3)4)70(83-47-57-36-22-10-23-37-57)68(66)81-45-55-32-18-8-19-33-55/h5-39,59-74,77H,40-50H2,1-4H3,(H,75,76)/t59-,60-,61-,62-,63-,64+,65+,66-,67+,68+,69-,70-,71?,72+,73+,74+/m1/s1. The van der Waals surface area contributed by atoms with Crippen LogP contribution in [0.15, 0.2) is 212 Å². The van der Waals surface area contributed by atoms with Crippen molar-refractivity contribution >= 4 is 25.7 Å². The first-order chi connectivity index (χ1) is 45.0. The number of hydrogen-bond donors (Lipinski definition) is 2. The molecule has 4 heterocycles. The van der Waals surface area contributed by atoms with Crippen LogP contribution in [0.4, 0.5) is 0 Å². The molecule has 4 aliphatic rings. The molecule has 18 heteroatoms. The molecule has 0 aromatic heterocycles. The smallest absolute Gasteiger partial charge is 0.217 e. The van der Waals surface area contributed by atoms with Gasteiger partial charge in [0.25, 0.3) is 0 Å². The number of ether oxygens (including phenoxy) is 13. The Kier molecular flexibility index (Phi) is 24.9. The SMILES string of the molecule is CC(=O)N[C@H]1[C@H](O[C@@H]2[C@H](OCc3ccccc3)[C@@H](OCc3ccccc3)[C@H](O[C@H]3[C@H](OCc4ccccc4)[C@@H](OCc4ccccc4)[C@H](SCC[Si](C)(C)C)O[C@@H]3COCc3ccccc3)O[C@@H]2COCc2ccccc2)O[C@@H]2COC(c3ccccc3)O[C@@H]2[C@@H]1O. The summed E-state index contributed by atoms with van der Waals surface area (Å²) in [6.45, 7) is 9.88. The first kappa shape index (κ1) is 67.4. The molecule has 1 unspecified atom stereocenters. The molecule has 0 radical (unpaired) electrons. The van der Waals surface area contributed by atoms with Crippen molar-refractivity contribution in [3.05, 3.63) is 251 Å². The Hall–Kier alpha value is -5.98. The number of aliphatic hydroxyl groups is 1. The number of rotatable bonds is 30. The number of carbonyl (C=O) groups excluding carboxylic acids is 1. The van der Waals surface area contributed by atoms with Gasteiger partial charge in [-0.1, -0.05) is 232 Å². The lowest BCUT2D eigenvalue weighted by Crippen LogP contribution is -2.70. The minimum Gasteiger partial charge on any atom is -0.388 e. The molecular formula is C74H87NO15SSi. The van der Waals surface area contributed by atoms with Crippen LogP contribution >= 0.6 is 11.8 Å². The fourth-order valence-corrected chi connectivity index (χ4v) is 15.6. The maximum absolute atomic E-state index is 13.3. The van der Waals surface area contributed by atoms with Gasteiger partial charge < -0.3 is 72.0 Å². The molecule has 16 nitrogen and oxygen atoms in total. The van der Waals surface area contributed by atoms with Crippen molar-refractivity contribution in [2.24, 2.45) is 0 Å². The number of nitrogens with one attached hydrogen (secondary N) is 1. The van der Waals surface area contributed by atoms with E-state index in [1.54, 1.807) is 11.8 Å². The van der Waals surface area contributed by atoms with E-state index in [1.165, 1.54) is 6.92 Å². The van der Waals surface area contributed by atoms with Gasteiger partial charge >= 0.3 is 0 Å². The van der Waals surface area contributed by atoms with Gasteiger partial charge in [0.1, 0.15) is 78.6 Å². The van der Waals surface area contributed by atoms with E-state index in [2.05, 4.69) is 37.1 Å². The average molecular weight is 1290 g/mol. The number of carbonyl (C=O) groups is 1. The predicted molar refractivity (Wildman–Crippen MR) is 352 cm³/mol. The molecule has 0 bridgehead atoms. The molecule has 0 aliphatic carbocycles. The number of aliphatic hydroxyl groups excluding tert-OH is 1. The van der Waals surface area contributed by atoms with Crippen molar-refractivity contribution in [2.45, 2.75) is 170 Å². The summed E-state index contributed by atoms with van der Waals surface area (Å²) in [6.07, 6.45) is -13.8. The Labute approximate surface area is 546 Å². The molecule has 1 amide bonds. The number of hydrogen-bond acceptors (Lipinski definition) is 16. The van der Waals surface area contributed by atoms with Gasteiger partial charge in [-0.25, -0.2) is 0 Å². The molecule has 16 atom stereocenters. The van der Waals surface area contributed by atoms with Crippen molar-refractivity contribution in [3.63, 3.8) is 0 Å². The van der Waals surface area contributed by atoms with E-state index in [1.807, 2.05) is 200 Å². The maximum atomic E-state index is 13.3. The van der Waals surface area contributed by atoms with Crippen molar-refractivity contribution in [1.29, 1.82) is 0 Å². The molecule has 488 valence electrons. The van der Waals surface area contributed by atoms with E-state index in [0.29, 0.717) is 6.61 Å². The Balaban J connectivity index is 1.01. The second kappa shape index (κ2) is 33.9. The minimum atomic E-state index is -1.51. The summed E-state index contributed by atoms with van der Waals surface area (Å²) in [6, 6.07) is 69.2. The fourth-order valence-electron chi connectivity index (χ4n) is 11.8. The molecule has 7 aromatic rings. The summed E-state index contributed by atoms with van der Waals surface area (Å²) in [7, 11) is -1.51. The summed E-state index contributed by atoms with van der Waals surface area (Å²) in [4.78, 5) is 13.3. The second-order valence-electron chi connectivity index (χ2n) is 25.0. The molecule has 0 saturated carbocycles. The van der Waals surface area contributed by atoms with E-state index in [9.17, 15) is 9.90 Å². The monoisotopic (exact) mass is 1290 g/mol. The second-order valence-corrected chi connectivity index (χ2v) is 31.8. The third-order valence-electron chi connectivity index (χ3n) is 16.6. The first-order valence-electron chi connectivity index (χ1n) is 32.0. The molecule has 0 spiro atoms. The Morgan fingerprint density at radius 2 is 0.891 bits per heavy atom. The summed E-state index contributed by atoms with van der Waals surface area (Å²) in [5.74, 6) is 0.422. The van der Waals surface area contributed by atoms with Crippen molar-refractivity contribution in [1.82, 2.24) is 5.32 Å². The van der Waals surface area contributed by atoms with Gasteiger partial charge in [0.05, 0.1) is 59.5 Å². The molecule has 7 aromatic carbocycles. The Morgan fingerprint density at radius 3 is 1.35 bits per heavy atom. The molecule has 4 fully saturated rings. The molecule has 4 aliphatic heterocycles. The fraction of sp³-hybridized carbons (Fsp3) is 0.419. The van der Waals surface area contributed by atoms with E-state index >= 15 is 0 Å². The van der Waals surface area contributed by atoms with Crippen LogP contribution in [0.25, 0.3) is 0 Å². The summed E-state index contributed by atoms with van der Waals surface area (Å²) in [5, 5.41) is 15.5. The third kappa shape index (κ3) is 19.1. The molecule has 11 rings (SSSR count). The van der Waals surface area contributed by atoms with Crippen LogP contribution in [0.2, 0.25) is 25.7 Å². The van der Waals surface area contributed by atoms with Crippen LogP contribution in [0, 0.1) is 0 Å². The van der Waals surface area contributed by atoms with Crippen molar-refractivity contribution in [2.75, 3.05) is 25.6 Å². The van der Waals surface area contributed by atoms with Crippen LogP contribution in [-0.4, -0.2) is 136 Å². The van der Waals surface area contributed by atoms with Crippen LogP contribution in [-0.2, 0) is 106 Å². The minimum absolute atomic E-state index is 0.0479. The van der Waals surface area contributed by atoms with Gasteiger partial charge in [0.2, 0.25) is 5.91 Å². The topological polar surface area (TPSA) is 169 Å². The summed E-state index contributed by atoms with van der Waals surface area (Å²) >= 11 is 1.74. The van der Waals surface area contributed by atoms with Gasteiger partial charge in [-0.05, 0) is 45.2 Å². The lowest BCUT2D eigenvalue weighted by atomic mass is 9.94. The molecular weight excluding hydrogens is 1200 g/mol. The largest absolute Gasteiger partial charge is 0.388 e. The van der Waals surface area contributed by atoms with Crippen LogP contribution < -0.4 is 5.32 Å². The highest BCUT2D eigenvalue weighted by Gasteiger charge is 2.57. The van der Waals surface area contributed by atoms with Gasteiger partial charge in [0.15, 0.2) is 18.9 Å². The normalized spacial score (nSPS) is 28.2. The average Bonchev–Trinajstić information content (AvgIpc) is 0.780. The lowest BCUT2D eigenvalue weighted by Gasteiger charge is -2.52. The Bertz CT molecular complexity index is 3240. The molecule has 4 saturated heterocycles. The number of fused-ring (bicyclic) bond motifs is 1. The zero-order chi connectivity index (χ0) is 63.5. The lowest BCUT2D eigenvalue weighted by molar-refractivity contribution is -0.387. The zero-order valence-corrected chi connectivity index (χ0v) is 54.6. The van der Waals surface area contributed by atoms with Gasteiger partial charge in [0, 0.05) is 20.6 Å². The highest BCUT2D eigenvalue weighted by Crippen LogP contribution is 2.41. The highest BCUT2D eigenvalue weighted by molar-refractivity contribution is 7.99. The molecule has 2 N–H and O–H groups in total. The van der Waals surface area contributed by atoms with Crippen molar-refractivity contribution < 1.29 is 71.5 Å². The number of amides is 1. The van der Waals surface area contributed by atoms with Gasteiger partial charge in [-0.15, -0.1) is 11.8 Å². The van der Waals surface area contributed by atoms with Crippen molar-refractivity contribution in [3.8, 4) is 0 Å². The van der Waals surface area contributed by atoms with Crippen LogP contribution in [0.3, 0.4) is 0 Å². The van der Waals surface area contributed by atoms with Crippen LogP contribution in [0.5, 0.6) is 0 Å². The summed E-state index contributed by atoms with van der Waals surface area (Å²) in [5.41, 5.74) is 5.91. The highest BCUT2D eigenvalue weighted by atomic mass is 32.2. The van der Waals surface area contributed by atoms with Gasteiger partial charge in [-0.3, -0.25) is 4.79 Å². The van der Waals surface area contributed by atoms with Gasteiger partial charge in [-0.2, -0.15) is 0 Å². The number of thioether (sulfide) groups is 1. The third-order valence-corrected chi connectivity index (χ3v) is 19.9. The maximum Gasteiger partial charge on any atom is 0.217 e. The number of benzene rings is 7. The predicted octanol–water partition coefficient (Wildman–Crippen LogP) is 11.8. The Morgan fingerprint density at radius 1 is 0.489 bits per heavy atom. The van der Waals surface area contributed by atoms with E-state index in [0.717, 1.165) is 50.7 Å². The first-order valence-corrected chi connectivity index (χ1v) is 36.7. The quantitative estimate of drug-likeness (QED) is 0.0407. The molecule has 92 heavy (non-hydrogen) atoms. The zero-order valence-electron chi connectivity index (χ0n) is 52.8. The van der Waals surface area contributed by atoms with E-state index in [4.69, 9.17) is 61.6 Å². The van der Waals surface area contributed by atoms with Crippen LogP contribution in [0.1, 0.15) is 52.2 Å². The van der Waals surface area contributed by atoms with E-state index < -0.39 is 111 Å². The summed E-state index contributed by atoms with van der Waals surface area (Å²) < 4.78 is 92.1.